The molecule has 0 heterocycles. The topological polar surface area (TPSA) is 47.9 Å². The molecule has 4 nitrogen and oxygen atoms in total. The van der Waals surface area contributed by atoms with E-state index in [0.29, 0.717) is 25.7 Å². The minimum atomic E-state index is -0.641. The summed E-state index contributed by atoms with van der Waals surface area (Å²) in [4.78, 5) is 0. The minimum absolute atomic E-state index is 0.214. The molecule has 0 radical (unpaired) electrons. The van der Waals surface area contributed by atoms with Crippen LogP contribution in [0.5, 0.6) is 11.5 Å². The van der Waals surface area contributed by atoms with Crippen LogP contribution in [-0.4, -0.2) is 37.6 Å². The van der Waals surface area contributed by atoms with Gasteiger partial charge in [-0.15, -0.1) is 0 Å². The summed E-state index contributed by atoms with van der Waals surface area (Å²) in [5, 5.41) is 12.3. The Labute approximate surface area is 176 Å². The fourth-order valence-corrected chi connectivity index (χ4v) is 3.32. The maximum atomic E-state index is 10.3. The smallest absolute Gasteiger partial charge is 0.127 e. The summed E-state index contributed by atoms with van der Waals surface area (Å²) in [6.45, 7) is 8.51. The van der Waals surface area contributed by atoms with E-state index in [1.807, 2.05) is 36.4 Å². The number of benzene rings is 2. The molecule has 2 atom stereocenters. The summed E-state index contributed by atoms with van der Waals surface area (Å²) in [6, 6.07) is 11.9. The van der Waals surface area contributed by atoms with Crippen LogP contribution in [0.2, 0.25) is 0 Å². The molecule has 0 aromatic heterocycles. The Morgan fingerprint density at radius 1 is 0.793 bits per heavy atom. The molecule has 0 bridgehead atoms. The third-order valence-corrected chi connectivity index (χ3v) is 5.24. The molecule has 2 rings (SSSR count). The van der Waals surface area contributed by atoms with Gasteiger partial charge in [0.05, 0.1) is 13.2 Å². The van der Waals surface area contributed by atoms with Crippen molar-refractivity contribution < 1.29 is 19.3 Å². The molecule has 0 fully saturated rings. The van der Waals surface area contributed by atoms with E-state index in [0.717, 1.165) is 41.5 Å². The average Bonchev–Trinajstić information content (AvgIpc) is 2.75. The summed E-state index contributed by atoms with van der Waals surface area (Å²) >= 11 is 0. The van der Waals surface area contributed by atoms with E-state index in [9.17, 15) is 5.11 Å². The van der Waals surface area contributed by atoms with E-state index < -0.39 is 6.10 Å². The lowest BCUT2D eigenvalue weighted by atomic mass is 10.0. The maximum Gasteiger partial charge on any atom is 0.127 e. The quantitative estimate of drug-likeness (QED) is 0.372. The van der Waals surface area contributed by atoms with Crippen molar-refractivity contribution >= 4 is 10.8 Å². The number of ether oxygens (including phenoxy) is 3. The van der Waals surface area contributed by atoms with Gasteiger partial charge in [0, 0.05) is 17.4 Å². The fraction of sp³-hybridized carbons (Fsp3) is 0.600. The molecular weight excluding hydrogens is 364 g/mol. The van der Waals surface area contributed by atoms with Gasteiger partial charge in [-0.2, -0.15) is 0 Å². The van der Waals surface area contributed by atoms with Gasteiger partial charge in [0.2, 0.25) is 0 Å². The SMILES string of the molecule is CCCCOc1ccc(OCC(O)COCC(CC)CCCC)c2ccccc12. The van der Waals surface area contributed by atoms with Crippen molar-refractivity contribution in [2.24, 2.45) is 5.92 Å². The summed E-state index contributed by atoms with van der Waals surface area (Å²) in [5.41, 5.74) is 0. The molecule has 0 amide bonds. The van der Waals surface area contributed by atoms with Crippen LogP contribution >= 0.6 is 0 Å². The van der Waals surface area contributed by atoms with Gasteiger partial charge in [0.15, 0.2) is 0 Å². The number of rotatable bonds is 15. The Kier molecular flexibility index (Phi) is 10.9. The van der Waals surface area contributed by atoms with Crippen LogP contribution in [0.4, 0.5) is 0 Å². The van der Waals surface area contributed by atoms with Gasteiger partial charge in [-0.25, -0.2) is 0 Å². The molecule has 0 saturated carbocycles. The molecule has 2 unspecified atom stereocenters. The zero-order valence-electron chi connectivity index (χ0n) is 18.4. The van der Waals surface area contributed by atoms with Crippen molar-refractivity contribution in [1.82, 2.24) is 0 Å². The highest BCUT2D eigenvalue weighted by Crippen LogP contribution is 2.33. The molecular formula is C25H38O4. The van der Waals surface area contributed by atoms with Crippen LogP contribution in [0.3, 0.4) is 0 Å². The molecule has 2 aromatic carbocycles. The monoisotopic (exact) mass is 402 g/mol. The molecule has 1 N–H and O–H groups in total. The Hall–Kier alpha value is -1.78. The number of fused-ring (bicyclic) bond motifs is 1. The van der Waals surface area contributed by atoms with Crippen molar-refractivity contribution in [3.63, 3.8) is 0 Å². The average molecular weight is 403 g/mol. The first-order valence-corrected chi connectivity index (χ1v) is 11.2. The lowest BCUT2D eigenvalue weighted by Crippen LogP contribution is -2.25. The zero-order valence-corrected chi connectivity index (χ0v) is 18.4. The Morgan fingerprint density at radius 3 is 2.07 bits per heavy atom. The van der Waals surface area contributed by atoms with Crippen molar-refractivity contribution in [3.8, 4) is 11.5 Å². The Balaban J connectivity index is 1.87. The van der Waals surface area contributed by atoms with Crippen LogP contribution in [-0.2, 0) is 4.74 Å². The molecule has 0 spiro atoms. The van der Waals surface area contributed by atoms with E-state index in [4.69, 9.17) is 14.2 Å². The molecule has 0 saturated heterocycles. The van der Waals surface area contributed by atoms with Gasteiger partial charge in [-0.3, -0.25) is 0 Å². The second-order valence-corrected chi connectivity index (χ2v) is 7.73. The number of hydrogen-bond donors (Lipinski definition) is 1. The van der Waals surface area contributed by atoms with E-state index >= 15 is 0 Å². The van der Waals surface area contributed by atoms with E-state index in [-0.39, 0.29) is 6.61 Å². The Morgan fingerprint density at radius 2 is 1.45 bits per heavy atom. The largest absolute Gasteiger partial charge is 0.493 e. The van der Waals surface area contributed by atoms with Crippen LogP contribution in [0.15, 0.2) is 36.4 Å². The highest BCUT2D eigenvalue weighted by atomic mass is 16.5. The van der Waals surface area contributed by atoms with Crippen molar-refractivity contribution in [2.75, 3.05) is 26.4 Å². The summed E-state index contributed by atoms with van der Waals surface area (Å²) < 4.78 is 17.6. The molecule has 162 valence electrons. The number of unbranched alkanes of at least 4 members (excludes halogenated alkanes) is 2. The number of aliphatic hydroxyl groups excluding tert-OH is 1. The maximum absolute atomic E-state index is 10.3. The summed E-state index contributed by atoms with van der Waals surface area (Å²) in [5.74, 6) is 2.21. The first kappa shape index (κ1) is 23.5. The highest BCUT2D eigenvalue weighted by molar-refractivity contribution is 5.93. The van der Waals surface area contributed by atoms with E-state index in [1.54, 1.807) is 0 Å². The second kappa shape index (κ2) is 13.4. The summed E-state index contributed by atoms with van der Waals surface area (Å²) in [6.07, 6.45) is 6.26. The summed E-state index contributed by atoms with van der Waals surface area (Å²) in [7, 11) is 0. The Bertz CT molecular complexity index is 700. The van der Waals surface area contributed by atoms with Gasteiger partial charge in [0.1, 0.15) is 24.2 Å². The van der Waals surface area contributed by atoms with E-state index in [1.165, 1.54) is 19.3 Å². The second-order valence-electron chi connectivity index (χ2n) is 7.73. The first-order chi connectivity index (χ1) is 14.2. The van der Waals surface area contributed by atoms with Gasteiger partial charge >= 0.3 is 0 Å². The zero-order chi connectivity index (χ0) is 20.9. The van der Waals surface area contributed by atoms with Gasteiger partial charge in [0.25, 0.3) is 0 Å². The van der Waals surface area contributed by atoms with Gasteiger partial charge < -0.3 is 19.3 Å². The van der Waals surface area contributed by atoms with Crippen molar-refractivity contribution in [3.05, 3.63) is 36.4 Å². The van der Waals surface area contributed by atoms with Crippen LogP contribution < -0.4 is 9.47 Å². The number of aliphatic hydroxyl groups is 1. The molecule has 0 aliphatic rings. The van der Waals surface area contributed by atoms with E-state index in [2.05, 4.69) is 20.8 Å². The van der Waals surface area contributed by atoms with Crippen molar-refractivity contribution in [1.29, 1.82) is 0 Å². The van der Waals surface area contributed by atoms with Crippen LogP contribution in [0, 0.1) is 5.92 Å². The molecule has 0 aliphatic carbocycles. The highest BCUT2D eigenvalue weighted by Gasteiger charge is 2.12. The standard InChI is InChI=1S/C25H38O4/c1-4-7-11-20(6-3)17-27-18-21(26)19-29-25-15-14-24(28-16-8-5-2)22-12-9-10-13-23(22)25/h9-10,12-15,20-21,26H,4-8,11,16-19H2,1-3H3. The molecule has 0 aliphatic heterocycles. The lowest BCUT2D eigenvalue weighted by Gasteiger charge is -2.18. The van der Waals surface area contributed by atoms with Crippen LogP contribution in [0.1, 0.15) is 59.3 Å². The number of hydrogen-bond acceptors (Lipinski definition) is 4. The predicted octanol–water partition coefficient (Wildman–Crippen LogP) is 5.99. The third kappa shape index (κ3) is 7.87. The lowest BCUT2D eigenvalue weighted by molar-refractivity contribution is -0.000853. The normalized spacial score (nSPS) is 13.4. The third-order valence-electron chi connectivity index (χ3n) is 5.24. The van der Waals surface area contributed by atoms with Crippen molar-refractivity contribution in [2.45, 2.75) is 65.4 Å². The minimum Gasteiger partial charge on any atom is -0.493 e. The fourth-order valence-electron chi connectivity index (χ4n) is 3.32. The van der Waals surface area contributed by atoms with Gasteiger partial charge in [-0.1, -0.05) is 70.7 Å². The molecule has 29 heavy (non-hydrogen) atoms. The first-order valence-electron chi connectivity index (χ1n) is 11.2. The predicted molar refractivity (Wildman–Crippen MR) is 120 cm³/mol. The molecule has 4 heteroatoms. The van der Waals surface area contributed by atoms with Crippen LogP contribution in [0.25, 0.3) is 10.8 Å². The van der Waals surface area contributed by atoms with Gasteiger partial charge in [-0.05, 0) is 30.9 Å². The molecule has 2 aromatic rings.